The van der Waals surface area contributed by atoms with E-state index in [1.807, 2.05) is 0 Å². The molecule has 0 heterocycles. The van der Waals surface area contributed by atoms with Gasteiger partial charge in [0, 0.05) is 23.5 Å². The maximum atomic E-state index is 11.2. The fourth-order valence-electron chi connectivity index (χ4n) is 1.43. The largest absolute Gasteiger partial charge is 0.384 e. The normalized spacial score (nSPS) is 11.2. The van der Waals surface area contributed by atoms with Crippen LogP contribution in [0, 0.1) is 0 Å². The molecule has 1 aromatic rings. The standard InChI is InChI=1S/C11H15ClN2O3S/c1-18(16,17)6-2-5-14-10-4-3-8(12)7-9(10)11(13)15/h3-4,7,14H,2,5-6H2,1H3,(H2,13,15). The number of carbonyl (C=O) groups is 1. The molecule has 100 valence electrons. The Balaban J connectivity index is 2.65. The number of halogens is 1. The van der Waals surface area contributed by atoms with Gasteiger partial charge in [-0.1, -0.05) is 11.6 Å². The number of hydrogen-bond donors (Lipinski definition) is 2. The van der Waals surface area contributed by atoms with Crippen molar-refractivity contribution in [3.05, 3.63) is 28.8 Å². The molecular weight excluding hydrogens is 276 g/mol. The summed E-state index contributed by atoms with van der Waals surface area (Å²) in [6, 6.07) is 4.75. The molecule has 5 nitrogen and oxygen atoms in total. The van der Waals surface area contributed by atoms with Crippen molar-refractivity contribution in [1.82, 2.24) is 0 Å². The lowest BCUT2D eigenvalue weighted by atomic mass is 10.1. The summed E-state index contributed by atoms with van der Waals surface area (Å²) in [6.45, 7) is 0.439. The zero-order valence-corrected chi connectivity index (χ0v) is 11.5. The van der Waals surface area contributed by atoms with E-state index in [4.69, 9.17) is 17.3 Å². The van der Waals surface area contributed by atoms with Crippen LogP contribution in [0.25, 0.3) is 0 Å². The summed E-state index contributed by atoms with van der Waals surface area (Å²) >= 11 is 5.77. The number of hydrogen-bond acceptors (Lipinski definition) is 4. The number of primary amides is 1. The van der Waals surface area contributed by atoms with Gasteiger partial charge in [0.1, 0.15) is 9.84 Å². The van der Waals surface area contributed by atoms with Crippen LogP contribution in [0.3, 0.4) is 0 Å². The molecule has 18 heavy (non-hydrogen) atoms. The molecule has 0 fully saturated rings. The summed E-state index contributed by atoms with van der Waals surface area (Å²) in [5, 5.41) is 3.39. The van der Waals surface area contributed by atoms with Crippen LogP contribution in [0.2, 0.25) is 5.02 Å². The van der Waals surface area contributed by atoms with Crippen molar-refractivity contribution >= 4 is 33.0 Å². The lowest BCUT2D eigenvalue weighted by molar-refractivity contribution is 0.100. The van der Waals surface area contributed by atoms with Crippen LogP contribution >= 0.6 is 11.6 Å². The van der Waals surface area contributed by atoms with Gasteiger partial charge in [-0.25, -0.2) is 8.42 Å². The van der Waals surface area contributed by atoms with Crippen molar-refractivity contribution < 1.29 is 13.2 Å². The van der Waals surface area contributed by atoms with Crippen molar-refractivity contribution in [2.45, 2.75) is 6.42 Å². The average Bonchev–Trinajstić information content (AvgIpc) is 2.24. The van der Waals surface area contributed by atoms with Gasteiger partial charge in [0.25, 0.3) is 5.91 Å². The molecular formula is C11H15ClN2O3S. The van der Waals surface area contributed by atoms with E-state index in [0.717, 1.165) is 0 Å². The summed E-state index contributed by atoms with van der Waals surface area (Å²) in [7, 11) is -2.96. The van der Waals surface area contributed by atoms with Crippen molar-refractivity contribution in [2.75, 3.05) is 23.9 Å². The van der Waals surface area contributed by atoms with Gasteiger partial charge < -0.3 is 11.1 Å². The van der Waals surface area contributed by atoms with E-state index in [1.165, 1.54) is 12.3 Å². The first-order chi connectivity index (χ1) is 8.29. The van der Waals surface area contributed by atoms with Gasteiger partial charge in [0.2, 0.25) is 0 Å². The minimum absolute atomic E-state index is 0.0967. The fourth-order valence-corrected chi connectivity index (χ4v) is 2.27. The van der Waals surface area contributed by atoms with Gasteiger partial charge in [-0.2, -0.15) is 0 Å². The second-order valence-electron chi connectivity index (χ2n) is 3.96. The number of amides is 1. The maximum absolute atomic E-state index is 11.2. The van der Waals surface area contributed by atoms with E-state index < -0.39 is 15.7 Å². The molecule has 0 aromatic heterocycles. The average molecular weight is 291 g/mol. The monoisotopic (exact) mass is 290 g/mol. The number of sulfone groups is 1. The maximum Gasteiger partial charge on any atom is 0.250 e. The van der Waals surface area contributed by atoms with Gasteiger partial charge in [0.15, 0.2) is 0 Å². The molecule has 3 N–H and O–H groups in total. The Morgan fingerprint density at radius 3 is 2.67 bits per heavy atom. The molecule has 0 saturated heterocycles. The van der Waals surface area contributed by atoms with E-state index in [2.05, 4.69) is 5.32 Å². The summed E-state index contributed by atoms with van der Waals surface area (Å²) in [5.74, 6) is -0.484. The number of rotatable bonds is 6. The van der Waals surface area contributed by atoms with Gasteiger partial charge in [-0.15, -0.1) is 0 Å². The van der Waals surface area contributed by atoms with Crippen molar-refractivity contribution in [3.8, 4) is 0 Å². The van der Waals surface area contributed by atoms with Gasteiger partial charge in [-0.05, 0) is 24.6 Å². The third kappa shape index (κ3) is 4.93. The molecule has 1 aromatic carbocycles. The second kappa shape index (κ2) is 6.06. The summed E-state index contributed by atoms with van der Waals surface area (Å²) in [4.78, 5) is 11.2. The van der Waals surface area contributed by atoms with E-state index in [0.29, 0.717) is 29.2 Å². The first-order valence-corrected chi connectivity index (χ1v) is 7.74. The summed E-state index contributed by atoms with van der Waals surface area (Å²) < 4.78 is 21.9. The lowest BCUT2D eigenvalue weighted by Crippen LogP contribution is -2.16. The molecule has 0 radical (unpaired) electrons. The summed E-state index contributed by atoms with van der Waals surface area (Å²) in [6.07, 6.45) is 1.64. The second-order valence-corrected chi connectivity index (χ2v) is 6.66. The van der Waals surface area contributed by atoms with Gasteiger partial charge in [-0.3, -0.25) is 4.79 Å². The highest BCUT2D eigenvalue weighted by Crippen LogP contribution is 2.20. The molecule has 0 unspecified atom stereocenters. The van der Waals surface area contributed by atoms with E-state index in [1.54, 1.807) is 12.1 Å². The molecule has 0 saturated carbocycles. The molecule has 1 rings (SSSR count). The number of nitrogens with one attached hydrogen (secondary N) is 1. The first kappa shape index (κ1) is 14.8. The van der Waals surface area contributed by atoms with E-state index in [-0.39, 0.29) is 5.75 Å². The van der Waals surface area contributed by atoms with Crippen LogP contribution in [0.15, 0.2) is 18.2 Å². The Morgan fingerprint density at radius 2 is 2.11 bits per heavy atom. The Hall–Kier alpha value is -1.27. The van der Waals surface area contributed by atoms with Crippen LogP contribution in [-0.2, 0) is 9.84 Å². The number of anilines is 1. The first-order valence-electron chi connectivity index (χ1n) is 5.30. The zero-order chi connectivity index (χ0) is 13.8. The topological polar surface area (TPSA) is 89.3 Å². The highest BCUT2D eigenvalue weighted by Gasteiger charge is 2.09. The number of nitrogens with two attached hydrogens (primary N) is 1. The molecule has 0 aliphatic carbocycles. The smallest absolute Gasteiger partial charge is 0.250 e. The molecule has 1 amide bonds. The molecule has 7 heteroatoms. The molecule has 0 aliphatic heterocycles. The van der Waals surface area contributed by atoms with Crippen LogP contribution in [0.5, 0.6) is 0 Å². The van der Waals surface area contributed by atoms with E-state index >= 15 is 0 Å². The van der Waals surface area contributed by atoms with Crippen LogP contribution in [0.4, 0.5) is 5.69 Å². The Kier molecular flexibility index (Phi) is 4.98. The minimum atomic E-state index is -2.96. The molecule has 0 bridgehead atoms. The highest BCUT2D eigenvalue weighted by atomic mass is 35.5. The van der Waals surface area contributed by atoms with Crippen molar-refractivity contribution in [2.24, 2.45) is 5.73 Å². The molecule has 0 spiro atoms. The van der Waals surface area contributed by atoms with Crippen molar-refractivity contribution in [1.29, 1.82) is 0 Å². The predicted octanol–water partition coefficient (Wildman–Crippen LogP) is 1.29. The Bertz CT molecular complexity index is 543. The minimum Gasteiger partial charge on any atom is -0.384 e. The Morgan fingerprint density at radius 1 is 1.44 bits per heavy atom. The number of benzene rings is 1. The van der Waals surface area contributed by atoms with Crippen LogP contribution in [-0.4, -0.2) is 32.9 Å². The molecule has 0 aliphatic rings. The van der Waals surface area contributed by atoms with Gasteiger partial charge >= 0.3 is 0 Å². The fraction of sp³-hybridized carbons (Fsp3) is 0.364. The zero-order valence-electron chi connectivity index (χ0n) is 9.94. The third-order valence-corrected chi connectivity index (χ3v) is 3.52. The molecule has 0 atom stereocenters. The van der Waals surface area contributed by atoms with Crippen LogP contribution < -0.4 is 11.1 Å². The van der Waals surface area contributed by atoms with Crippen LogP contribution in [0.1, 0.15) is 16.8 Å². The predicted molar refractivity (Wildman–Crippen MR) is 72.8 cm³/mol. The highest BCUT2D eigenvalue weighted by molar-refractivity contribution is 7.90. The lowest BCUT2D eigenvalue weighted by Gasteiger charge is -2.10. The van der Waals surface area contributed by atoms with Crippen molar-refractivity contribution in [3.63, 3.8) is 0 Å². The third-order valence-electron chi connectivity index (χ3n) is 2.25. The SMILES string of the molecule is CS(=O)(=O)CCCNc1ccc(Cl)cc1C(N)=O. The number of carbonyl (C=O) groups excluding carboxylic acids is 1. The quantitative estimate of drug-likeness (QED) is 0.773. The van der Waals surface area contributed by atoms with E-state index in [9.17, 15) is 13.2 Å². The van der Waals surface area contributed by atoms with Gasteiger partial charge in [0.05, 0.1) is 11.3 Å². The Labute approximate surface area is 111 Å². The summed E-state index contributed by atoms with van der Waals surface area (Å²) in [5.41, 5.74) is 6.07.